The van der Waals surface area contributed by atoms with Crippen LogP contribution in [0, 0.1) is 6.92 Å². The molecule has 0 bridgehead atoms. The summed E-state index contributed by atoms with van der Waals surface area (Å²) in [5.74, 6) is 0.766. The molecule has 1 aromatic rings. The topological polar surface area (TPSA) is 49.2 Å². The van der Waals surface area contributed by atoms with Crippen molar-refractivity contribution in [1.29, 1.82) is 0 Å². The van der Waals surface area contributed by atoms with Crippen LogP contribution in [0.5, 0.6) is 0 Å². The molecular weight excluding hydrogens is 258 g/mol. The Morgan fingerprint density at radius 1 is 1.47 bits per heavy atom. The highest BCUT2D eigenvalue weighted by Gasteiger charge is 2.19. The van der Waals surface area contributed by atoms with Crippen molar-refractivity contribution in [1.82, 2.24) is 9.97 Å². The van der Waals surface area contributed by atoms with Gasteiger partial charge in [-0.3, -0.25) is 0 Å². The van der Waals surface area contributed by atoms with E-state index in [1.807, 2.05) is 6.92 Å². The Bertz CT molecular complexity index is 351. The lowest BCUT2D eigenvalue weighted by molar-refractivity contribution is 0.145. The number of nitrogens with zero attached hydrogens (tertiary/aromatic N) is 3. The first-order valence-electron chi connectivity index (χ1n) is 5.09. The van der Waals surface area contributed by atoms with Gasteiger partial charge in [-0.25, -0.2) is 9.97 Å². The largest absolute Gasteiger partial charge is 0.393 e. The fourth-order valence-corrected chi connectivity index (χ4v) is 1.85. The number of aliphatic hydroxyl groups is 1. The second kappa shape index (κ2) is 4.45. The van der Waals surface area contributed by atoms with Gasteiger partial charge in [-0.1, -0.05) is 0 Å². The molecule has 1 aliphatic rings. The maximum absolute atomic E-state index is 9.40. The van der Waals surface area contributed by atoms with Crippen LogP contribution in [0.1, 0.15) is 18.5 Å². The van der Waals surface area contributed by atoms with Crippen molar-refractivity contribution in [3.05, 3.63) is 16.4 Å². The Morgan fingerprint density at radius 2 is 2.13 bits per heavy atom. The van der Waals surface area contributed by atoms with Crippen molar-refractivity contribution in [2.45, 2.75) is 25.9 Å². The Hall–Kier alpha value is -0.680. The molecule has 1 saturated heterocycles. The summed E-state index contributed by atoms with van der Waals surface area (Å²) < 4.78 is 0.934. The first-order valence-corrected chi connectivity index (χ1v) is 5.88. The maximum Gasteiger partial charge on any atom is 0.225 e. The molecule has 1 N–H and O–H groups in total. The number of aryl methyl sites for hydroxylation is 1. The molecule has 82 valence electrons. The lowest BCUT2D eigenvalue weighted by Crippen LogP contribution is -2.36. The summed E-state index contributed by atoms with van der Waals surface area (Å²) in [5.41, 5.74) is 0.950. The highest BCUT2D eigenvalue weighted by atomic mass is 79.9. The quantitative estimate of drug-likeness (QED) is 0.841. The van der Waals surface area contributed by atoms with Crippen LogP contribution in [0.25, 0.3) is 0 Å². The molecule has 0 radical (unpaired) electrons. The number of hydrogen-bond acceptors (Lipinski definition) is 4. The highest BCUT2D eigenvalue weighted by Crippen LogP contribution is 2.19. The minimum absolute atomic E-state index is 0.155. The molecule has 2 heterocycles. The maximum atomic E-state index is 9.40. The minimum Gasteiger partial charge on any atom is -0.393 e. The van der Waals surface area contributed by atoms with Gasteiger partial charge in [-0.2, -0.15) is 0 Å². The number of halogens is 1. The van der Waals surface area contributed by atoms with Crippen LogP contribution in [0.15, 0.2) is 10.7 Å². The van der Waals surface area contributed by atoms with Gasteiger partial charge in [-0.15, -0.1) is 0 Å². The van der Waals surface area contributed by atoms with E-state index in [2.05, 4.69) is 30.8 Å². The smallest absolute Gasteiger partial charge is 0.225 e. The standard InChI is InChI=1S/C10H14BrN3O/c1-7-9(11)6-12-10(13-7)14-4-2-8(15)3-5-14/h6,8,15H,2-5H2,1H3. The molecule has 0 aromatic carbocycles. The van der Waals surface area contributed by atoms with Gasteiger partial charge in [0.05, 0.1) is 16.3 Å². The van der Waals surface area contributed by atoms with Gasteiger partial charge in [0, 0.05) is 19.3 Å². The molecule has 0 amide bonds. The Balaban J connectivity index is 2.12. The van der Waals surface area contributed by atoms with Crippen LogP contribution < -0.4 is 4.90 Å². The summed E-state index contributed by atoms with van der Waals surface area (Å²) in [7, 11) is 0. The Kier molecular flexibility index (Phi) is 3.21. The second-order valence-corrected chi connectivity index (χ2v) is 4.68. The van der Waals surface area contributed by atoms with E-state index < -0.39 is 0 Å². The van der Waals surface area contributed by atoms with Gasteiger partial charge < -0.3 is 10.0 Å². The lowest BCUT2D eigenvalue weighted by atomic mass is 10.1. The first kappa shape index (κ1) is 10.8. The zero-order valence-corrected chi connectivity index (χ0v) is 10.2. The summed E-state index contributed by atoms with van der Waals surface area (Å²) >= 11 is 3.38. The average molecular weight is 272 g/mol. The van der Waals surface area contributed by atoms with E-state index >= 15 is 0 Å². The average Bonchev–Trinajstić information content (AvgIpc) is 2.23. The zero-order valence-electron chi connectivity index (χ0n) is 8.65. The van der Waals surface area contributed by atoms with Crippen LogP contribution in [-0.4, -0.2) is 34.3 Å². The van der Waals surface area contributed by atoms with Crippen molar-refractivity contribution in [3.8, 4) is 0 Å². The number of piperidine rings is 1. The van der Waals surface area contributed by atoms with Crippen molar-refractivity contribution in [3.63, 3.8) is 0 Å². The molecule has 0 unspecified atom stereocenters. The molecule has 0 atom stereocenters. The number of rotatable bonds is 1. The molecular formula is C10H14BrN3O. The van der Waals surface area contributed by atoms with E-state index in [0.717, 1.165) is 42.0 Å². The van der Waals surface area contributed by atoms with Gasteiger partial charge in [0.2, 0.25) is 5.95 Å². The molecule has 5 heteroatoms. The summed E-state index contributed by atoms with van der Waals surface area (Å²) in [4.78, 5) is 10.8. The summed E-state index contributed by atoms with van der Waals surface area (Å²) in [6.07, 6.45) is 3.23. The molecule has 0 spiro atoms. The third kappa shape index (κ3) is 2.46. The van der Waals surface area contributed by atoms with Gasteiger partial charge in [0.15, 0.2) is 0 Å². The predicted octanol–water partition coefficient (Wildman–Crippen LogP) is 1.51. The van der Waals surface area contributed by atoms with Crippen molar-refractivity contribution in [2.24, 2.45) is 0 Å². The fourth-order valence-electron chi connectivity index (χ4n) is 1.66. The summed E-state index contributed by atoms with van der Waals surface area (Å²) in [6.45, 7) is 3.62. The lowest BCUT2D eigenvalue weighted by Gasteiger charge is -2.29. The highest BCUT2D eigenvalue weighted by molar-refractivity contribution is 9.10. The molecule has 2 rings (SSSR count). The predicted molar refractivity (Wildman–Crippen MR) is 61.9 cm³/mol. The Morgan fingerprint density at radius 3 is 2.73 bits per heavy atom. The van der Waals surface area contributed by atoms with Gasteiger partial charge in [-0.05, 0) is 35.7 Å². The van der Waals surface area contributed by atoms with E-state index in [1.54, 1.807) is 6.20 Å². The van der Waals surface area contributed by atoms with Crippen LogP contribution >= 0.6 is 15.9 Å². The molecule has 4 nitrogen and oxygen atoms in total. The SMILES string of the molecule is Cc1nc(N2CCC(O)CC2)ncc1Br. The molecule has 1 aliphatic heterocycles. The zero-order chi connectivity index (χ0) is 10.8. The normalized spacial score (nSPS) is 18.2. The Labute approximate surface area is 97.5 Å². The number of hydrogen-bond donors (Lipinski definition) is 1. The molecule has 15 heavy (non-hydrogen) atoms. The van der Waals surface area contributed by atoms with Gasteiger partial charge >= 0.3 is 0 Å². The second-order valence-electron chi connectivity index (χ2n) is 3.82. The molecule has 0 saturated carbocycles. The summed E-state index contributed by atoms with van der Waals surface area (Å²) in [5, 5.41) is 9.40. The van der Waals surface area contributed by atoms with E-state index in [4.69, 9.17) is 0 Å². The van der Waals surface area contributed by atoms with Gasteiger partial charge in [0.1, 0.15) is 0 Å². The van der Waals surface area contributed by atoms with E-state index in [9.17, 15) is 5.11 Å². The molecule has 1 fully saturated rings. The molecule has 1 aromatic heterocycles. The van der Waals surface area contributed by atoms with E-state index in [1.165, 1.54) is 0 Å². The van der Waals surface area contributed by atoms with Crippen LogP contribution in [0.4, 0.5) is 5.95 Å². The first-order chi connectivity index (χ1) is 7.16. The van der Waals surface area contributed by atoms with Crippen molar-refractivity contribution < 1.29 is 5.11 Å². The van der Waals surface area contributed by atoms with Crippen LogP contribution in [0.3, 0.4) is 0 Å². The number of aliphatic hydroxyl groups excluding tert-OH is 1. The van der Waals surface area contributed by atoms with Crippen LogP contribution in [0.2, 0.25) is 0 Å². The third-order valence-corrected chi connectivity index (χ3v) is 3.43. The van der Waals surface area contributed by atoms with Crippen LogP contribution in [-0.2, 0) is 0 Å². The van der Waals surface area contributed by atoms with E-state index in [-0.39, 0.29) is 6.10 Å². The fraction of sp³-hybridized carbons (Fsp3) is 0.600. The number of anilines is 1. The third-order valence-electron chi connectivity index (χ3n) is 2.65. The van der Waals surface area contributed by atoms with Crippen molar-refractivity contribution in [2.75, 3.05) is 18.0 Å². The van der Waals surface area contributed by atoms with E-state index in [0.29, 0.717) is 0 Å². The summed E-state index contributed by atoms with van der Waals surface area (Å²) in [6, 6.07) is 0. The molecule has 0 aliphatic carbocycles. The minimum atomic E-state index is -0.155. The van der Waals surface area contributed by atoms with Crippen molar-refractivity contribution >= 4 is 21.9 Å². The monoisotopic (exact) mass is 271 g/mol. The van der Waals surface area contributed by atoms with Gasteiger partial charge in [0.25, 0.3) is 0 Å². The number of aromatic nitrogens is 2.